The Morgan fingerprint density at radius 1 is 1.53 bits per heavy atom. The van der Waals surface area contributed by atoms with E-state index in [-0.39, 0.29) is 6.04 Å². The zero-order valence-electron chi connectivity index (χ0n) is 9.96. The van der Waals surface area contributed by atoms with Crippen LogP contribution in [0, 0.1) is 6.92 Å². The fourth-order valence-electron chi connectivity index (χ4n) is 1.73. The average Bonchev–Trinajstić information content (AvgIpc) is 2.72. The Hall–Kier alpha value is -1.79. The zero-order valence-corrected chi connectivity index (χ0v) is 9.96. The second-order valence-corrected chi connectivity index (χ2v) is 3.97. The highest BCUT2D eigenvalue weighted by Crippen LogP contribution is 2.14. The Bertz CT molecular complexity index is 492. The fourth-order valence-corrected chi connectivity index (χ4v) is 1.73. The Balaban J connectivity index is 2.16. The predicted molar refractivity (Wildman–Crippen MR) is 63.7 cm³/mol. The first-order valence-corrected chi connectivity index (χ1v) is 5.42. The number of hydrazine groups is 1. The van der Waals surface area contributed by atoms with Crippen LogP contribution in [0.3, 0.4) is 0 Å². The highest BCUT2D eigenvalue weighted by atomic mass is 15.3. The quantitative estimate of drug-likeness (QED) is 0.584. The molecule has 0 radical (unpaired) electrons. The van der Waals surface area contributed by atoms with Crippen molar-refractivity contribution in [2.24, 2.45) is 12.9 Å². The van der Waals surface area contributed by atoms with Crippen LogP contribution in [-0.2, 0) is 13.5 Å². The molecule has 0 saturated heterocycles. The van der Waals surface area contributed by atoms with Crippen molar-refractivity contribution in [3.8, 4) is 0 Å². The molecule has 3 N–H and O–H groups in total. The van der Waals surface area contributed by atoms with Gasteiger partial charge in [0.1, 0.15) is 5.82 Å². The predicted octanol–water partition coefficient (Wildman–Crippen LogP) is 0.266. The van der Waals surface area contributed by atoms with Crippen molar-refractivity contribution in [1.82, 2.24) is 25.2 Å². The number of nitrogens with one attached hydrogen (secondary N) is 1. The van der Waals surface area contributed by atoms with Gasteiger partial charge < -0.3 is 0 Å². The number of nitrogens with two attached hydrogens (primary N) is 1. The molecule has 17 heavy (non-hydrogen) atoms. The molecule has 0 amide bonds. The molecule has 2 aromatic heterocycles. The molecular formula is C11H16N6. The number of hydrogen-bond acceptors (Lipinski definition) is 5. The lowest BCUT2D eigenvalue weighted by molar-refractivity contribution is 0.535. The molecule has 0 aliphatic heterocycles. The third kappa shape index (κ3) is 2.86. The van der Waals surface area contributed by atoms with E-state index in [1.165, 1.54) is 0 Å². The van der Waals surface area contributed by atoms with E-state index in [1.807, 2.05) is 32.4 Å². The largest absolute Gasteiger partial charge is 0.276 e. The van der Waals surface area contributed by atoms with Gasteiger partial charge in [0.15, 0.2) is 0 Å². The molecule has 0 aromatic carbocycles. The Morgan fingerprint density at radius 2 is 2.35 bits per heavy atom. The van der Waals surface area contributed by atoms with Gasteiger partial charge in [-0.2, -0.15) is 5.10 Å². The topological polar surface area (TPSA) is 81.7 Å². The molecule has 0 fully saturated rings. The summed E-state index contributed by atoms with van der Waals surface area (Å²) in [4.78, 5) is 8.44. The minimum absolute atomic E-state index is 0.0269. The molecule has 90 valence electrons. The van der Waals surface area contributed by atoms with E-state index in [1.54, 1.807) is 10.9 Å². The molecule has 6 nitrogen and oxygen atoms in total. The van der Waals surface area contributed by atoms with Crippen LogP contribution in [0.15, 0.2) is 24.7 Å². The van der Waals surface area contributed by atoms with Crippen LogP contribution in [-0.4, -0.2) is 19.7 Å². The van der Waals surface area contributed by atoms with Crippen LogP contribution in [0.25, 0.3) is 0 Å². The van der Waals surface area contributed by atoms with Gasteiger partial charge in [0.2, 0.25) is 0 Å². The van der Waals surface area contributed by atoms with E-state index in [4.69, 9.17) is 5.84 Å². The third-order valence-corrected chi connectivity index (χ3v) is 2.55. The van der Waals surface area contributed by atoms with Crippen LogP contribution < -0.4 is 11.3 Å². The molecule has 1 unspecified atom stereocenters. The minimum atomic E-state index is -0.0269. The van der Waals surface area contributed by atoms with Gasteiger partial charge in [0.25, 0.3) is 0 Å². The second kappa shape index (κ2) is 5.03. The zero-order chi connectivity index (χ0) is 12.3. The van der Waals surface area contributed by atoms with E-state index < -0.39 is 0 Å². The normalized spacial score (nSPS) is 12.6. The average molecular weight is 232 g/mol. The van der Waals surface area contributed by atoms with Gasteiger partial charge in [-0.15, -0.1) is 0 Å². The monoisotopic (exact) mass is 232 g/mol. The van der Waals surface area contributed by atoms with E-state index >= 15 is 0 Å². The van der Waals surface area contributed by atoms with Crippen molar-refractivity contribution >= 4 is 0 Å². The summed E-state index contributed by atoms with van der Waals surface area (Å²) in [5.41, 5.74) is 4.79. The summed E-state index contributed by atoms with van der Waals surface area (Å²) < 4.78 is 1.77. The van der Waals surface area contributed by atoms with E-state index in [9.17, 15) is 0 Å². The summed E-state index contributed by atoms with van der Waals surface area (Å²) in [6.45, 7) is 1.86. The standard InChI is InChI=1S/C11H16N6/c1-8-13-4-3-10(15-8)11(16-12)5-9-6-14-17(2)7-9/h3-4,6-7,11,16H,5,12H2,1-2H3. The van der Waals surface area contributed by atoms with Crippen LogP contribution in [0.5, 0.6) is 0 Å². The molecule has 0 bridgehead atoms. The molecule has 0 aliphatic rings. The maximum atomic E-state index is 5.57. The molecule has 1 atom stereocenters. The summed E-state index contributed by atoms with van der Waals surface area (Å²) in [5.74, 6) is 6.32. The molecule has 2 rings (SSSR count). The van der Waals surface area contributed by atoms with Crippen LogP contribution in [0.4, 0.5) is 0 Å². The Labute approximate surface area is 99.9 Å². The lowest BCUT2D eigenvalue weighted by Crippen LogP contribution is -2.30. The first kappa shape index (κ1) is 11.7. The maximum absolute atomic E-state index is 5.57. The van der Waals surface area contributed by atoms with Crippen LogP contribution in [0.1, 0.15) is 23.1 Å². The Morgan fingerprint density at radius 3 is 2.94 bits per heavy atom. The summed E-state index contributed by atoms with van der Waals surface area (Å²) in [7, 11) is 1.89. The van der Waals surface area contributed by atoms with Crippen molar-refractivity contribution in [3.63, 3.8) is 0 Å². The van der Waals surface area contributed by atoms with Gasteiger partial charge in [-0.1, -0.05) is 0 Å². The van der Waals surface area contributed by atoms with Gasteiger partial charge in [-0.3, -0.25) is 16.0 Å². The number of nitrogens with zero attached hydrogens (tertiary/aromatic N) is 4. The fraction of sp³-hybridized carbons (Fsp3) is 0.364. The molecule has 0 aliphatic carbocycles. The summed E-state index contributed by atoms with van der Waals surface area (Å²) >= 11 is 0. The smallest absolute Gasteiger partial charge is 0.125 e. The van der Waals surface area contributed by atoms with Gasteiger partial charge in [-0.25, -0.2) is 9.97 Å². The number of rotatable bonds is 4. The molecule has 2 heterocycles. The van der Waals surface area contributed by atoms with Crippen LogP contribution in [0.2, 0.25) is 0 Å². The van der Waals surface area contributed by atoms with E-state index in [0.717, 1.165) is 23.5 Å². The molecule has 6 heteroatoms. The van der Waals surface area contributed by atoms with Crippen molar-refractivity contribution in [2.75, 3.05) is 0 Å². The number of aromatic nitrogens is 4. The Kier molecular flexibility index (Phi) is 3.46. The van der Waals surface area contributed by atoms with Gasteiger partial charge >= 0.3 is 0 Å². The molecular weight excluding hydrogens is 216 g/mol. The van der Waals surface area contributed by atoms with Crippen molar-refractivity contribution < 1.29 is 0 Å². The third-order valence-electron chi connectivity index (χ3n) is 2.55. The molecule has 2 aromatic rings. The number of aryl methyl sites for hydroxylation is 2. The van der Waals surface area contributed by atoms with E-state index in [2.05, 4.69) is 20.5 Å². The summed E-state index contributed by atoms with van der Waals surface area (Å²) in [6.07, 6.45) is 6.29. The van der Waals surface area contributed by atoms with Crippen LogP contribution >= 0.6 is 0 Å². The SMILES string of the molecule is Cc1nccc(C(Cc2cnn(C)c2)NN)n1. The lowest BCUT2D eigenvalue weighted by Gasteiger charge is -2.14. The maximum Gasteiger partial charge on any atom is 0.125 e. The van der Waals surface area contributed by atoms with Gasteiger partial charge in [-0.05, 0) is 25.0 Å². The van der Waals surface area contributed by atoms with Gasteiger partial charge in [0.05, 0.1) is 17.9 Å². The van der Waals surface area contributed by atoms with E-state index in [0.29, 0.717) is 0 Å². The minimum Gasteiger partial charge on any atom is -0.276 e. The molecule has 0 spiro atoms. The number of hydrogen-bond donors (Lipinski definition) is 2. The first-order valence-electron chi connectivity index (χ1n) is 5.42. The summed E-state index contributed by atoms with van der Waals surface area (Å²) in [5, 5.41) is 4.13. The van der Waals surface area contributed by atoms with Crippen molar-refractivity contribution in [3.05, 3.63) is 41.7 Å². The highest BCUT2D eigenvalue weighted by Gasteiger charge is 2.13. The highest BCUT2D eigenvalue weighted by molar-refractivity contribution is 5.13. The van der Waals surface area contributed by atoms with Crippen molar-refractivity contribution in [1.29, 1.82) is 0 Å². The second-order valence-electron chi connectivity index (χ2n) is 3.97. The first-order chi connectivity index (χ1) is 8.19. The lowest BCUT2D eigenvalue weighted by atomic mass is 10.1. The molecule has 0 saturated carbocycles. The summed E-state index contributed by atoms with van der Waals surface area (Å²) in [6, 6.07) is 1.84. The van der Waals surface area contributed by atoms with Gasteiger partial charge in [0, 0.05) is 19.4 Å². The van der Waals surface area contributed by atoms with Crippen molar-refractivity contribution in [2.45, 2.75) is 19.4 Å².